The van der Waals surface area contributed by atoms with Gasteiger partial charge in [-0.05, 0) is 48.5 Å². The number of hydrogen-bond acceptors (Lipinski definition) is 6. The number of hydrogen-bond donors (Lipinski definition) is 2. The lowest BCUT2D eigenvalue weighted by molar-refractivity contribution is 0.441. The van der Waals surface area contributed by atoms with E-state index in [0.717, 1.165) is 24.3 Å². The average Bonchev–Trinajstić information content (AvgIpc) is 2.70. The maximum Gasteiger partial charge on any atom is 0.287 e. The molecule has 1 aliphatic rings. The number of pyridine rings is 1. The van der Waals surface area contributed by atoms with Crippen LogP contribution in [0.25, 0.3) is 0 Å². The van der Waals surface area contributed by atoms with E-state index in [2.05, 4.69) is 20.0 Å². The summed E-state index contributed by atoms with van der Waals surface area (Å²) in [5.41, 5.74) is -0.162. The Morgan fingerprint density at radius 3 is 2.50 bits per heavy atom. The lowest BCUT2D eigenvalue weighted by atomic mass is 10.2. The van der Waals surface area contributed by atoms with Crippen LogP contribution in [0.15, 0.2) is 64.0 Å². The summed E-state index contributed by atoms with van der Waals surface area (Å²) in [5, 5.41) is 5.28. The zero-order chi connectivity index (χ0) is 21.3. The van der Waals surface area contributed by atoms with Gasteiger partial charge in [0.25, 0.3) is 10.0 Å². The SMILES string of the molecule is O=S1(=O)N=C(NCc2ncccc2F)Nc2c1ccc(F)c2Oc1ccc(F)cc1. The van der Waals surface area contributed by atoms with Gasteiger partial charge in [0.1, 0.15) is 28.0 Å². The van der Waals surface area contributed by atoms with Gasteiger partial charge in [-0.2, -0.15) is 8.42 Å². The van der Waals surface area contributed by atoms with Crippen molar-refractivity contribution in [1.82, 2.24) is 10.3 Å². The number of fused-ring (bicyclic) bond motifs is 1. The molecule has 2 aromatic carbocycles. The van der Waals surface area contributed by atoms with Crippen LogP contribution >= 0.6 is 0 Å². The second kappa shape index (κ2) is 7.67. The topological polar surface area (TPSA) is 92.7 Å². The minimum atomic E-state index is -4.20. The lowest BCUT2D eigenvalue weighted by Crippen LogP contribution is -2.35. The predicted molar refractivity (Wildman–Crippen MR) is 102 cm³/mol. The molecule has 0 fully saturated rings. The van der Waals surface area contributed by atoms with Crippen LogP contribution in [0.5, 0.6) is 11.5 Å². The molecule has 2 heterocycles. The Kier molecular flexibility index (Phi) is 5.04. The van der Waals surface area contributed by atoms with Gasteiger partial charge in [0.05, 0.1) is 12.2 Å². The summed E-state index contributed by atoms with van der Waals surface area (Å²) < 4.78 is 75.4. The number of nitrogens with zero attached hydrogens (tertiary/aromatic N) is 2. The van der Waals surface area contributed by atoms with Crippen molar-refractivity contribution in [2.24, 2.45) is 4.40 Å². The van der Waals surface area contributed by atoms with Gasteiger partial charge in [0.15, 0.2) is 11.6 Å². The summed E-state index contributed by atoms with van der Waals surface area (Å²) in [6.07, 6.45) is 1.38. The highest BCUT2D eigenvalue weighted by atomic mass is 32.2. The average molecular weight is 434 g/mol. The molecule has 0 atom stereocenters. The zero-order valence-corrected chi connectivity index (χ0v) is 15.9. The van der Waals surface area contributed by atoms with Crippen LogP contribution in [0, 0.1) is 17.5 Å². The third-order valence-corrected chi connectivity index (χ3v) is 5.41. The highest BCUT2D eigenvalue weighted by molar-refractivity contribution is 7.90. The predicted octanol–water partition coefficient (Wildman–Crippen LogP) is 3.55. The van der Waals surface area contributed by atoms with E-state index in [1.54, 1.807) is 0 Å². The Morgan fingerprint density at radius 1 is 1.00 bits per heavy atom. The van der Waals surface area contributed by atoms with Gasteiger partial charge in [-0.3, -0.25) is 4.98 Å². The first-order valence-corrected chi connectivity index (χ1v) is 9.99. The van der Waals surface area contributed by atoms with Crippen LogP contribution in [0.1, 0.15) is 5.69 Å². The van der Waals surface area contributed by atoms with Crippen LogP contribution in [0.3, 0.4) is 0 Å². The molecule has 0 spiro atoms. The van der Waals surface area contributed by atoms with E-state index < -0.39 is 33.2 Å². The Bertz CT molecular complexity index is 1250. The Balaban J connectivity index is 1.66. The third kappa shape index (κ3) is 3.92. The van der Waals surface area contributed by atoms with E-state index in [1.165, 1.54) is 30.5 Å². The monoisotopic (exact) mass is 434 g/mol. The fraction of sp³-hybridized carbons (Fsp3) is 0.0526. The Labute approximate surface area is 169 Å². The first kappa shape index (κ1) is 19.7. The van der Waals surface area contributed by atoms with Crippen molar-refractivity contribution in [2.45, 2.75) is 11.4 Å². The molecule has 2 N–H and O–H groups in total. The van der Waals surface area contributed by atoms with Gasteiger partial charge in [0, 0.05) is 6.20 Å². The lowest BCUT2D eigenvalue weighted by Gasteiger charge is -2.22. The number of aromatic nitrogens is 1. The summed E-state index contributed by atoms with van der Waals surface area (Å²) in [6, 6.07) is 9.35. The molecule has 0 radical (unpaired) electrons. The van der Waals surface area contributed by atoms with Crippen molar-refractivity contribution in [2.75, 3.05) is 5.32 Å². The van der Waals surface area contributed by atoms with Crippen LogP contribution < -0.4 is 15.4 Å². The van der Waals surface area contributed by atoms with Crippen LogP contribution in [-0.4, -0.2) is 19.4 Å². The molecule has 0 amide bonds. The van der Waals surface area contributed by atoms with Crippen LogP contribution in [-0.2, 0) is 16.6 Å². The number of rotatable bonds is 4. The molecular formula is C19H13F3N4O3S. The third-order valence-electron chi connectivity index (χ3n) is 4.10. The van der Waals surface area contributed by atoms with E-state index in [4.69, 9.17) is 4.74 Å². The van der Waals surface area contributed by atoms with Crippen LogP contribution in [0.2, 0.25) is 0 Å². The number of nitrogens with one attached hydrogen (secondary N) is 2. The van der Waals surface area contributed by atoms with Gasteiger partial charge in [-0.25, -0.2) is 13.2 Å². The van der Waals surface area contributed by atoms with Gasteiger partial charge >= 0.3 is 0 Å². The molecule has 4 rings (SSSR count). The number of anilines is 1. The molecule has 0 aliphatic carbocycles. The molecular weight excluding hydrogens is 421 g/mol. The van der Waals surface area contributed by atoms with E-state index in [1.807, 2.05) is 0 Å². The number of sulfonamides is 1. The van der Waals surface area contributed by atoms with E-state index in [0.29, 0.717) is 0 Å². The molecule has 11 heteroatoms. The first-order valence-electron chi connectivity index (χ1n) is 8.55. The standard InChI is InChI=1S/C19H13F3N4O3S/c20-11-3-5-12(6-4-11)29-18-14(22)7-8-16-17(18)25-19(26-30(16,27)28)24-10-15-13(21)2-1-9-23-15/h1-9H,10H2,(H2,24,25,26). The second-order valence-electron chi connectivity index (χ2n) is 6.13. The van der Waals surface area contributed by atoms with E-state index >= 15 is 0 Å². The summed E-state index contributed by atoms with van der Waals surface area (Å²) in [4.78, 5) is 3.54. The summed E-state index contributed by atoms with van der Waals surface area (Å²) in [7, 11) is -4.20. The molecule has 0 saturated carbocycles. The quantitative estimate of drug-likeness (QED) is 0.653. The Morgan fingerprint density at radius 2 is 1.77 bits per heavy atom. The van der Waals surface area contributed by atoms with E-state index in [9.17, 15) is 21.6 Å². The molecule has 30 heavy (non-hydrogen) atoms. The van der Waals surface area contributed by atoms with Crippen molar-refractivity contribution in [3.63, 3.8) is 0 Å². The van der Waals surface area contributed by atoms with Crippen molar-refractivity contribution >= 4 is 21.7 Å². The summed E-state index contributed by atoms with van der Waals surface area (Å²) in [6.45, 7) is -0.174. The molecule has 154 valence electrons. The van der Waals surface area contributed by atoms with Crippen molar-refractivity contribution in [3.05, 3.63) is 77.9 Å². The maximum atomic E-state index is 14.5. The maximum absolute atomic E-state index is 14.5. The number of guanidine groups is 1. The van der Waals surface area contributed by atoms with Crippen molar-refractivity contribution in [3.8, 4) is 11.5 Å². The van der Waals surface area contributed by atoms with Crippen LogP contribution in [0.4, 0.5) is 18.9 Å². The highest BCUT2D eigenvalue weighted by Gasteiger charge is 2.30. The second-order valence-corrected chi connectivity index (χ2v) is 7.70. The molecule has 0 unspecified atom stereocenters. The largest absolute Gasteiger partial charge is 0.452 e. The highest BCUT2D eigenvalue weighted by Crippen LogP contribution is 2.39. The number of halogens is 3. The first-order chi connectivity index (χ1) is 14.3. The fourth-order valence-electron chi connectivity index (χ4n) is 2.70. The van der Waals surface area contributed by atoms with Gasteiger partial charge < -0.3 is 15.4 Å². The number of benzene rings is 2. The van der Waals surface area contributed by atoms with Crippen molar-refractivity contribution in [1.29, 1.82) is 0 Å². The number of ether oxygens (including phenoxy) is 1. The van der Waals surface area contributed by atoms with Gasteiger partial charge in [-0.1, -0.05) is 0 Å². The normalized spacial score (nSPS) is 14.3. The molecule has 1 aliphatic heterocycles. The van der Waals surface area contributed by atoms with E-state index in [-0.39, 0.29) is 34.5 Å². The smallest absolute Gasteiger partial charge is 0.287 e. The molecule has 1 aromatic heterocycles. The molecule has 0 saturated heterocycles. The Hall–Kier alpha value is -3.60. The molecule has 7 nitrogen and oxygen atoms in total. The van der Waals surface area contributed by atoms with Gasteiger partial charge in [-0.15, -0.1) is 4.40 Å². The fourth-order valence-corrected chi connectivity index (χ4v) is 3.79. The van der Waals surface area contributed by atoms with Crippen molar-refractivity contribution < 1.29 is 26.3 Å². The molecule has 3 aromatic rings. The minimum absolute atomic E-state index is 0.0345. The van der Waals surface area contributed by atoms with Gasteiger partial charge in [0.2, 0.25) is 5.96 Å². The minimum Gasteiger partial charge on any atom is -0.452 e. The summed E-state index contributed by atoms with van der Waals surface area (Å²) >= 11 is 0. The molecule has 0 bridgehead atoms. The summed E-state index contributed by atoms with van der Waals surface area (Å²) in [5.74, 6) is -2.54. The zero-order valence-electron chi connectivity index (χ0n) is 15.1.